The Hall–Kier alpha value is -6.65. The van der Waals surface area contributed by atoms with Crippen LogP contribution in [0.2, 0.25) is 0 Å². The van der Waals surface area contributed by atoms with Gasteiger partial charge < -0.3 is 4.42 Å². The highest BCUT2D eigenvalue weighted by Gasteiger charge is 2.30. The maximum absolute atomic E-state index is 6.54. The molecule has 240 valence electrons. The van der Waals surface area contributed by atoms with Gasteiger partial charge in [-0.25, -0.2) is 15.0 Å². The third kappa shape index (κ3) is 5.12. The molecule has 0 fully saturated rings. The van der Waals surface area contributed by atoms with E-state index in [9.17, 15) is 0 Å². The number of hydrogen-bond acceptors (Lipinski definition) is 4. The number of nitrogens with zero attached hydrogens (tertiary/aromatic N) is 3. The van der Waals surface area contributed by atoms with Gasteiger partial charge in [-0.15, -0.1) is 0 Å². The van der Waals surface area contributed by atoms with Gasteiger partial charge in [-0.2, -0.15) is 0 Å². The van der Waals surface area contributed by atoms with Crippen LogP contribution in [0, 0.1) is 5.92 Å². The van der Waals surface area contributed by atoms with E-state index in [0.717, 1.165) is 55.3 Å². The topological polar surface area (TPSA) is 51.8 Å². The zero-order valence-electron chi connectivity index (χ0n) is 27.6. The maximum Gasteiger partial charge on any atom is 0.164 e. The van der Waals surface area contributed by atoms with Crippen molar-refractivity contribution >= 4 is 27.5 Å². The molecule has 0 radical (unpaired) electrons. The van der Waals surface area contributed by atoms with Crippen LogP contribution >= 0.6 is 0 Å². The fourth-order valence-electron chi connectivity index (χ4n) is 7.62. The molecule has 6 aromatic carbocycles. The Morgan fingerprint density at radius 2 is 1.08 bits per heavy atom. The van der Waals surface area contributed by atoms with E-state index in [2.05, 4.69) is 140 Å². The number of fused-ring (bicyclic) bond motifs is 6. The van der Waals surface area contributed by atoms with Crippen LogP contribution < -0.4 is 0 Å². The summed E-state index contributed by atoms with van der Waals surface area (Å²) in [6.07, 6.45) is 11.2. The van der Waals surface area contributed by atoms with Crippen molar-refractivity contribution in [2.24, 2.45) is 5.92 Å². The first kappa shape index (κ1) is 29.3. The minimum absolute atomic E-state index is 0.227. The molecule has 2 aliphatic rings. The van der Waals surface area contributed by atoms with Crippen LogP contribution in [0.15, 0.2) is 180 Å². The summed E-state index contributed by atoms with van der Waals surface area (Å²) in [5.41, 5.74) is 11.6. The van der Waals surface area contributed by atoms with E-state index in [-0.39, 0.29) is 5.92 Å². The summed E-state index contributed by atoms with van der Waals surface area (Å²) in [7, 11) is 0. The third-order valence-corrected chi connectivity index (χ3v) is 10.1. The summed E-state index contributed by atoms with van der Waals surface area (Å²) in [4.78, 5) is 15.5. The van der Waals surface area contributed by atoms with Crippen molar-refractivity contribution in [3.63, 3.8) is 0 Å². The third-order valence-electron chi connectivity index (χ3n) is 10.1. The summed E-state index contributed by atoms with van der Waals surface area (Å²) in [5, 5.41) is 2.02. The van der Waals surface area contributed by atoms with Crippen LogP contribution in [0.5, 0.6) is 0 Å². The lowest BCUT2D eigenvalue weighted by Gasteiger charge is -2.30. The van der Waals surface area contributed by atoms with Gasteiger partial charge in [0.2, 0.25) is 0 Å². The van der Waals surface area contributed by atoms with Gasteiger partial charge in [0.25, 0.3) is 0 Å². The van der Waals surface area contributed by atoms with Crippen LogP contribution in [0.4, 0.5) is 0 Å². The van der Waals surface area contributed by atoms with Crippen molar-refractivity contribution in [2.75, 3.05) is 0 Å². The minimum Gasteiger partial charge on any atom is -0.456 e. The molecule has 2 atom stereocenters. The van der Waals surface area contributed by atoms with E-state index in [0.29, 0.717) is 23.4 Å². The van der Waals surface area contributed by atoms with Crippen LogP contribution in [0.25, 0.3) is 72.5 Å². The Morgan fingerprint density at radius 1 is 0.451 bits per heavy atom. The standard InChI is InChI=1S/C47H31N3O/c1-3-12-30(13-4-1)31-22-24-32(25-23-31)34-26-27-39-43(29-34)51-42-21-11-20-40(44(39)42)46-48-45(33-14-5-2-6-15-33)49-47(50-46)41-28-35-16-7-8-17-36(35)37-18-9-10-19-38(37)41/h1-29,35-36H. The van der Waals surface area contributed by atoms with Gasteiger partial charge in [0.15, 0.2) is 17.5 Å². The second-order valence-electron chi connectivity index (χ2n) is 13.1. The normalized spacial score (nSPS) is 16.2. The Balaban J connectivity index is 1.11. The Bertz CT molecular complexity index is 2690. The largest absolute Gasteiger partial charge is 0.456 e. The molecule has 0 spiro atoms. The number of benzene rings is 6. The van der Waals surface area contributed by atoms with E-state index in [4.69, 9.17) is 19.4 Å². The van der Waals surface area contributed by atoms with Crippen LogP contribution in [-0.2, 0) is 0 Å². The second-order valence-corrected chi connectivity index (χ2v) is 13.1. The number of rotatable bonds is 5. The lowest BCUT2D eigenvalue weighted by atomic mass is 9.74. The number of furan rings is 1. The smallest absolute Gasteiger partial charge is 0.164 e. The SMILES string of the molecule is C1=CC2C=C(c3nc(-c4ccccc4)nc(-c4cccc5oc6cc(-c7ccc(-c8ccccc8)cc7)ccc6c45)n3)c3ccccc3C2C=C1. The van der Waals surface area contributed by atoms with E-state index < -0.39 is 0 Å². The molecule has 0 aliphatic heterocycles. The number of hydrogen-bond donors (Lipinski definition) is 0. The molecule has 0 bridgehead atoms. The van der Waals surface area contributed by atoms with Gasteiger partial charge in [-0.05, 0) is 51.6 Å². The molecule has 0 saturated carbocycles. The highest BCUT2D eigenvalue weighted by molar-refractivity contribution is 6.12. The summed E-state index contributed by atoms with van der Waals surface area (Å²) in [6, 6.07) is 50.6. The molecule has 8 aromatic rings. The highest BCUT2D eigenvalue weighted by Crippen LogP contribution is 2.44. The first-order chi connectivity index (χ1) is 25.3. The molecule has 2 aromatic heterocycles. The van der Waals surface area contributed by atoms with Gasteiger partial charge in [-0.3, -0.25) is 0 Å². The van der Waals surface area contributed by atoms with Crippen LogP contribution in [0.3, 0.4) is 0 Å². The minimum atomic E-state index is 0.227. The Morgan fingerprint density at radius 3 is 1.90 bits per heavy atom. The van der Waals surface area contributed by atoms with Gasteiger partial charge in [0.05, 0.1) is 0 Å². The predicted molar refractivity (Wildman–Crippen MR) is 207 cm³/mol. The van der Waals surface area contributed by atoms with Crippen molar-refractivity contribution in [1.29, 1.82) is 0 Å². The first-order valence-electron chi connectivity index (χ1n) is 17.4. The van der Waals surface area contributed by atoms with E-state index >= 15 is 0 Å². The Kier molecular flexibility index (Phi) is 6.91. The van der Waals surface area contributed by atoms with E-state index in [1.54, 1.807) is 0 Å². The molecular weight excluding hydrogens is 623 g/mol. The van der Waals surface area contributed by atoms with E-state index in [1.807, 2.05) is 36.4 Å². The summed E-state index contributed by atoms with van der Waals surface area (Å²) in [6.45, 7) is 0. The fourth-order valence-corrected chi connectivity index (χ4v) is 7.62. The molecular formula is C47H31N3O. The lowest BCUT2D eigenvalue weighted by molar-refractivity contribution is 0.669. The first-order valence-corrected chi connectivity index (χ1v) is 17.4. The van der Waals surface area contributed by atoms with Crippen molar-refractivity contribution in [1.82, 2.24) is 15.0 Å². The lowest BCUT2D eigenvalue weighted by Crippen LogP contribution is -2.17. The van der Waals surface area contributed by atoms with Crippen molar-refractivity contribution < 1.29 is 4.42 Å². The molecule has 10 rings (SSSR count). The molecule has 0 amide bonds. The van der Waals surface area contributed by atoms with Crippen molar-refractivity contribution in [2.45, 2.75) is 5.92 Å². The van der Waals surface area contributed by atoms with Gasteiger partial charge in [0.1, 0.15) is 11.2 Å². The number of allylic oxidation sites excluding steroid dienone is 5. The quantitative estimate of drug-likeness (QED) is 0.185. The predicted octanol–water partition coefficient (Wildman–Crippen LogP) is 11.7. The molecule has 2 unspecified atom stereocenters. The van der Waals surface area contributed by atoms with Crippen LogP contribution in [0.1, 0.15) is 22.9 Å². The monoisotopic (exact) mass is 653 g/mol. The average Bonchev–Trinajstić information content (AvgIpc) is 3.59. The Labute approximate surface area is 295 Å². The zero-order valence-corrected chi connectivity index (χ0v) is 27.6. The highest BCUT2D eigenvalue weighted by atomic mass is 16.3. The molecule has 2 heterocycles. The average molecular weight is 654 g/mol. The van der Waals surface area contributed by atoms with Crippen LogP contribution in [-0.4, -0.2) is 15.0 Å². The van der Waals surface area contributed by atoms with Crippen molar-refractivity contribution in [3.8, 4) is 45.0 Å². The van der Waals surface area contributed by atoms with Gasteiger partial charge in [0, 0.05) is 39.3 Å². The second kappa shape index (κ2) is 12.0. The summed E-state index contributed by atoms with van der Waals surface area (Å²) in [5.74, 6) is 2.44. The molecule has 0 N–H and O–H groups in total. The van der Waals surface area contributed by atoms with E-state index in [1.165, 1.54) is 16.7 Å². The zero-order chi connectivity index (χ0) is 33.7. The van der Waals surface area contributed by atoms with Crippen molar-refractivity contribution in [3.05, 3.63) is 193 Å². The fraction of sp³-hybridized carbons (Fsp3) is 0.0426. The molecule has 4 nitrogen and oxygen atoms in total. The van der Waals surface area contributed by atoms with Gasteiger partial charge >= 0.3 is 0 Å². The molecule has 0 saturated heterocycles. The molecule has 51 heavy (non-hydrogen) atoms. The molecule has 4 heteroatoms. The number of aromatic nitrogens is 3. The summed E-state index contributed by atoms with van der Waals surface area (Å²) < 4.78 is 6.54. The molecule has 2 aliphatic carbocycles. The summed E-state index contributed by atoms with van der Waals surface area (Å²) >= 11 is 0. The van der Waals surface area contributed by atoms with Gasteiger partial charge in [-0.1, -0.05) is 158 Å². The maximum atomic E-state index is 6.54.